The van der Waals surface area contributed by atoms with Gasteiger partial charge >= 0.3 is 17.9 Å². The van der Waals surface area contributed by atoms with Crippen molar-refractivity contribution in [3.8, 4) is 0 Å². The Labute approximate surface area is 357 Å². The van der Waals surface area contributed by atoms with E-state index in [0.717, 1.165) is 70.6 Å². The van der Waals surface area contributed by atoms with Crippen LogP contribution in [0.1, 0.15) is 213 Å². The van der Waals surface area contributed by atoms with E-state index in [1.165, 1.54) is 109 Å². The molecule has 0 aliphatic heterocycles. The summed E-state index contributed by atoms with van der Waals surface area (Å²) < 4.78 is 17.3. The van der Waals surface area contributed by atoms with Crippen molar-refractivity contribution in [1.82, 2.24) is 0 Å². The van der Waals surface area contributed by atoms with E-state index in [4.69, 9.17) is 14.2 Å². The van der Waals surface area contributed by atoms with E-state index in [9.17, 15) is 19.5 Å². The molecule has 0 amide bonds. The first kappa shape index (κ1) is 55.5. The largest absolute Gasteiger partial charge is 0.477 e. The third-order valence-electron chi connectivity index (χ3n) is 10.8. The molecule has 0 radical (unpaired) electrons. The molecule has 1 N–H and O–H groups in total. The van der Waals surface area contributed by atoms with Gasteiger partial charge in [-0.2, -0.15) is 0 Å². The minimum Gasteiger partial charge on any atom is -0.477 e. The number of carboxylic acid groups (broad SMARTS) is 1. The van der Waals surface area contributed by atoms with Gasteiger partial charge in [0.1, 0.15) is 6.61 Å². The van der Waals surface area contributed by atoms with Crippen LogP contribution < -0.4 is 0 Å². The first-order chi connectivity index (χ1) is 28.1. The molecule has 2 unspecified atom stereocenters. The lowest BCUT2D eigenvalue weighted by Gasteiger charge is -2.31. The Morgan fingerprint density at radius 2 is 0.914 bits per heavy atom. The van der Waals surface area contributed by atoms with Crippen LogP contribution in [-0.4, -0.2) is 80.6 Å². The second-order valence-corrected chi connectivity index (χ2v) is 17.4. The van der Waals surface area contributed by atoms with Crippen LogP contribution in [0.4, 0.5) is 0 Å². The van der Waals surface area contributed by atoms with Gasteiger partial charge < -0.3 is 23.8 Å². The molecule has 8 nitrogen and oxygen atoms in total. The van der Waals surface area contributed by atoms with E-state index in [2.05, 4.69) is 50.3 Å². The number of hydrogen-bond donors (Lipinski definition) is 1. The molecule has 0 saturated carbocycles. The molecule has 338 valence electrons. The highest BCUT2D eigenvalue weighted by Gasteiger charge is 2.31. The molecule has 0 rings (SSSR count). The topological polar surface area (TPSA) is 99.1 Å². The maximum absolute atomic E-state index is 12.8. The van der Waals surface area contributed by atoms with Crippen LogP contribution in [0, 0.1) is 0 Å². The first-order valence-electron chi connectivity index (χ1n) is 24.0. The Morgan fingerprint density at radius 3 is 1.34 bits per heavy atom. The number of nitrogens with zero attached hydrogens (tertiary/aromatic N) is 1. The second kappa shape index (κ2) is 41.3. The Kier molecular flexibility index (Phi) is 39.5. The first-order valence-corrected chi connectivity index (χ1v) is 24.0. The van der Waals surface area contributed by atoms with Crippen LogP contribution in [0.3, 0.4) is 0 Å². The van der Waals surface area contributed by atoms with Crippen molar-refractivity contribution in [2.24, 2.45) is 0 Å². The van der Waals surface area contributed by atoms with Gasteiger partial charge in [-0.25, -0.2) is 4.79 Å². The van der Waals surface area contributed by atoms with Gasteiger partial charge in [0, 0.05) is 19.3 Å². The molecular weight excluding hydrogens is 727 g/mol. The molecule has 0 fully saturated rings. The lowest BCUT2D eigenvalue weighted by atomic mass is 10.1. The minimum atomic E-state index is -0.878. The van der Waals surface area contributed by atoms with E-state index in [1.807, 2.05) is 21.1 Å². The summed E-state index contributed by atoms with van der Waals surface area (Å²) in [5.74, 6) is -1.49. The highest BCUT2D eigenvalue weighted by atomic mass is 16.6. The van der Waals surface area contributed by atoms with Gasteiger partial charge in [-0.05, 0) is 64.2 Å². The number of carbonyl (C=O) groups excluding carboxylic acids is 2. The van der Waals surface area contributed by atoms with Gasteiger partial charge in [-0.1, -0.05) is 166 Å². The second-order valence-electron chi connectivity index (χ2n) is 17.4. The third kappa shape index (κ3) is 39.0. The molecule has 0 aromatic rings. The van der Waals surface area contributed by atoms with E-state index in [1.54, 1.807) is 0 Å². The summed E-state index contributed by atoms with van der Waals surface area (Å²) >= 11 is 0. The van der Waals surface area contributed by atoms with E-state index in [-0.39, 0.29) is 36.2 Å². The number of quaternary nitrogens is 1. The highest BCUT2D eigenvalue weighted by Crippen LogP contribution is 2.14. The predicted octanol–water partition coefficient (Wildman–Crippen LogP) is 13.4. The van der Waals surface area contributed by atoms with Crippen LogP contribution in [0.5, 0.6) is 0 Å². The van der Waals surface area contributed by atoms with Crippen molar-refractivity contribution in [2.45, 2.75) is 225 Å². The zero-order chi connectivity index (χ0) is 42.8. The summed E-state index contributed by atoms with van der Waals surface area (Å²) in [6.45, 7) is 4.72. The molecule has 0 saturated heterocycles. The van der Waals surface area contributed by atoms with Gasteiger partial charge in [-0.15, -0.1) is 0 Å². The molecule has 0 heterocycles. The van der Waals surface area contributed by atoms with Gasteiger partial charge in [0.25, 0.3) is 0 Å². The van der Waals surface area contributed by atoms with Crippen LogP contribution >= 0.6 is 0 Å². The summed E-state index contributed by atoms with van der Waals surface area (Å²) in [7, 11) is 5.52. The van der Waals surface area contributed by atoms with Crippen LogP contribution in [0.2, 0.25) is 0 Å². The van der Waals surface area contributed by atoms with Crippen LogP contribution in [0.15, 0.2) is 36.5 Å². The lowest BCUT2D eigenvalue weighted by molar-refractivity contribution is -0.887. The van der Waals surface area contributed by atoms with Gasteiger partial charge in [0.05, 0.1) is 34.4 Å². The molecule has 0 aromatic carbocycles. The van der Waals surface area contributed by atoms with Crippen LogP contribution in [0.25, 0.3) is 0 Å². The number of aliphatic carboxylic acids is 1. The quantitative estimate of drug-likeness (QED) is 0.0215. The third-order valence-corrected chi connectivity index (χ3v) is 10.8. The van der Waals surface area contributed by atoms with Crippen molar-refractivity contribution in [3.05, 3.63) is 36.5 Å². The Hall–Kier alpha value is -2.45. The van der Waals surface area contributed by atoms with Crippen molar-refractivity contribution in [1.29, 1.82) is 0 Å². The molecule has 0 aliphatic rings. The summed E-state index contributed by atoms with van der Waals surface area (Å²) in [6, 6.07) is -0.618. The fraction of sp³-hybridized carbons (Fsp3) is 0.820. The van der Waals surface area contributed by atoms with Gasteiger partial charge in [0.15, 0.2) is 12.1 Å². The predicted molar refractivity (Wildman–Crippen MR) is 243 cm³/mol. The summed E-state index contributed by atoms with van der Waals surface area (Å²) in [4.78, 5) is 37.1. The molecule has 8 heteroatoms. The van der Waals surface area contributed by atoms with Crippen molar-refractivity contribution in [2.75, 3.05) is 41.0 Å². The van der Waals surface area contributed by atoms with Crippen molar-refractivity contribution >= 4 is 17.9 Å². The van der Waals surface area contributed by atoms with Crippen molar-refractivity contribution < 1.29 is 38.2 Å². The standard InChI is InChI=1S/C50H91NO7/c1-6-8-10-12-14-16-18-20-22-24-25-27-29-31-33-35-37-39-41-49(53)58-46(44-56-43-42-47(50(54)55)51(3,4)5)45-57-48(52)40-38-36-34-32-30-28-26-23-21-19-17-15-13-11-9-7-2/h22-27,46-47H,6-21,28-45H2,1-5H3/p+1/b24-22+,26-23+,27-25+. The molecular formula is C50H92NO7+. The summed E-state index contributed by atoms with van der Waals surface area (Å²) in [5.41, 5.74) is 0. The minimum absolute atomic E-state index is 0.0534. The normalized spacial score (nSPS) is 13.2. The van der Waals surface area contributed by atoms with E-state index < -0.39 is 18.1 Å². The summed E-state index contributed by atoms with van der Waals surface area (Å²) in [6.07, 6.45) is 47.5. The lowest BCUT2D eigenvalue weighted by Crippen LogP contribution is -2.50. The SMILES string of the molecule is CCCCCCCCC/C=C/C=C/CCCCCCCC(=O)OC(COCCC(C(=O)O)[N+](C)(C)C)COC(=O)CCCCCCC/C=C/CCCCCCCCC. The fourth-order valence-corrected chi connectivity index (χ4v) is 7.02. The zero-order valence-corrected chi connectivity index (χ0v) is 38.5. The number of ether oxygens (including phenoxy) is 3. The molecule has 0 aliphatic carbocycles. The van der Waals surface area contributed by atoms with Crippen LogP contribution in [-0.2, 0) is 28.6 Å². The number of likely N-dealkylation sites (N-methyl/N-ethyl adjacent to an activating group) is 1. The maximum atomic E-state index is 12.8. The Balaban J connectivity index is 4.34. The monoisotopic (exact) mass is 819 g/mol. The number of carbonyl (C=O) groups is 3. The number of esters is 2. The molecule has 0 aromatic heterocycles. The molecule has 0 spiro atoms. The number of carboxylic acids is 1. The molecule has 0 bridgehead atoms. The zero-order valence-electron chi connectivity index (χ0n) is 38.5. The van der Waals surface area contributed by atoms with Gasteiger partial charge in [0.2, 0.25) is 0 Å². The molecule has 58 heavy (non-hydrogen) atoms. The number of hydrogen-bond acceptors (Lipinski definition) is 6. The maximum Gasteiger partial charge on any atom is 0.362 e. The van der Waals surface area contributed by atoms with E-state index in [0.29, 0.717) is 19.3 Å². The number of rotatable bonds is 43. The highest BCUT2D eigenvalue weighted by molar-refractivity contribution is 5.72. The average Bonchev–Trinajstić information content (AvgIpc) is 3.18. The molecule has 2 atom stereocenters. The average molecular weight is 819 g/mol. The van der Waals surface area contributed by atoms with E-state index >= 15 is 0 Å². The Bertz CT molecular complexity index is 1050. The fourth-order valence-electron chi connectivity index (χ4n) is 7.02. The summed E-state index contributed by atoms with van der Waals surface area (Å²) in [5, 5.41) is 9.63. The smallest absolute Gasteiger partial charge is 0.362 e. The number of allylic oxidation sites excluding steroid dienone is 6. The van der Waals surface area contributed by atoms with Gasteiger partial charge in [-0.3, -0.25) is 9.59 Å². The number of unbranched alkanes of at least 4 members (excludes halogenated alkanes) is 24. The van der Waals surface area contributed by atoms with Crippen molar-refractivity contribution in [3.63, 3.8) is 0 Å². The Morgan fingerprint density at radius 1 is 0.517 bits per heavy atom.